The third-order valence-corrected chi connectivity index (χ3v) is 4.08. The number of hydrogen-bond donors (Lipinski definition) is 1. The summed E-state index contributed by atoms with van der Waals surface area (Å²) in [6.45, 7) is 0. The molecule has 1 heterocycles. The highest BCUT2D eigenvalue weighted by Gasteiger charge is 2.20. The predicted molar refractivity (Wildman–Crippen MR) is 95.8 cm³/mol. The zero-order valence-corrected chi connectivity index (χ0v) is 14.8. The standard InChI is InChI=1S/C19H18O7/c1-22-12-6-5-10(7-13(12)23-2)11-9-26-14-8-15(24-3)19(25-4)18(21)16(14)17(11)20/h5-9,21H,1-4H3. The number of aromatic hydroxyl groups is 1. The summed E-state index contributed by atoms with van der Waals surface area (Å²) in [7, 11) is 5.84. The van der Waals surface area contributed by atoms with Gasteiger partial charge in [-0.3, -0.25) is 4.79 Å². The van der Waals surface area contributed by atoms with Gasteiger partial charge in [0.2, 0.25) is 11.2 Å². The van der Waals surface area contributed by atoms with E-state index in [1.807, 2.05) is 0 Å². The van der Waals surface area contributed by atoms with Gasteiger partial charge in [0.25, 0.3) is 0 Å². The molecule has 1 N–H and O–H groups in total. The minimum absolute atomic E-state index is 0.00920. The average Bonchev–Trinajstić information content (AvgIpc) is 2.67. The van der Waals surface area contributed by atoms with Crippen molar-refractivity contribution in [3.05, 3.63) is 40.8 Å². The molecule has 0 unspecified atom stereocenters. The highest BCUT2D eigenvalue weighted by Crippen LogP contribution is 2.42. The molecule has 136 valence electrons. The van der Waals surface area contributed by atoms with Gasteiger partial charge in [-0.05, 0) is 17.7 Å². The lowest BCUT2D eigenvalue weighted by molar-refractivity contribution is 0.334. The fourth-order valence-electron chi connectivity index (χ4n) is 2.78. The third kappa shape index (κ3) is 2.67. The third-order valence-electron chi connectivity index (χ3n) is 4.08. The number of methoxy groups -OCH3 is 4. The fraction of sp³-hybridized carbons (Fsp3) is 0.211. The van der Waals surface area contributed by atoms with Crippen LogP contribution in [0.1, 0.15) is 0 Å². The van der Waals surface area contributed by atoms with Crippen LogP contribution >= 0.6 is 0 Å². The summed E-state index contributed by atoms with van der Waals surface area (Å²) in [6, 6.07) is 6.55. The minimum atomic E-state index is -0.406. The van der Waals surface area contributed by atoms with Gasteiger partial charge in [-0.1, -0.05) is 6.07 Å². The molecule has 0 radical (unpaired) electrons. The van der Waals surface area contributed by atoms with E-state index in [1.54, 1.807) is 18.2 Å². The lowest BCUT2D eigenvalue weighted by atomic mass is 10.0. The van der Waals surface area contributed by atoms with Crippen molar-refractivity contribution in [2.45, 2.75) is 0 Å². The van der Waals surface area contributed by atoms with E-state index in [-0.39, 0.29) is 33.8 Å². The number of ether oxygens (including phenoxy) is 4. The molecule has 0 spiro atoms. The first-order valence-electron chi connectivity index (χ1n) is 7.67. The molecule has 0 saturated carbocycles. The van der Waals surface area contributed by atoms with Crippen LogP contribution in [0.4, 0.5) is 0 Å². The summed E-state index contributed by atoms with van der Waals surface area (Å²) in [6.07, 6.45) is 1.33. The van der Waals surface area contributed by atoms with Gasteiger partial charge in [0.1, 0.15) is 17.2 Å². The van der Waals surface area contributed by atoms with E-state index in [0.717, 1.165) is 0 Å². The van der Waals surface area contributed by atoms with Crippen molar-refractivity contribution in [2.75, 3.05) is 28.4 Å². The van der Waals surface area contributed by atoms with Gasteiger partial charge >= 0.3 is 0 Å². The van der Waals surface area contributed by atoms with Crippen molar-refractivity contribution in [3.8, 4) is 39.9 Å². The maximum absolute atomic E-state index is 13.0. The number of rotatable bonds is 5. The first-order chi connectivity index (χ1) is 12.5. The number of benzene rings is 2. The summed E-state index contributed by atoms with van der Waals surface area (Å²) < 4.78 is 26.4. The normalized spacial score (nSPS) is 10.6. The highest BCUT2D eigenvalue weighted by molar-refractivity contribution is 5.91. The van der Waals surface area contributed by atoms with E-state index in [4.69, 9.17) is 23.4 Å². The van der Waals surface area contributed by atoms with Gasteiger partial charge in [-0.15, -0.1) is 0 Å². The molecule has 0 bridgehead atoms. The highest BCUT2D eigenvalue weighted by atomic mass is 16.5. The second-order valence-electron chi connectivity index (χ2n) is 5.38. The molecule has 0 atom stereocenters. The van der Waals surface area contributed by atoms with E-state index < -0.39 is 5.43 Å². The Morgan fingerprint density at radius 3 is 2.19 bits per heavy atom. The smallest absolute Gasteiger partial charge is 0.204 e. The largest absolute Gasteiger partial charge is 0.504 e. The monoisotopic (exact) mass is 358 g/mol. The molecule has 3 rings (SSSR count). The quantitative estimate of drug-likeness (QED) is 0.749. The summed E-state index contributed by atoms with van der Waals surface area (Å²) in [5.74, 6) is 1.01. The topological polar surface area (TPSA) is 87.4 Å². The Balaban J connectivity index is 2.28. The number of hydrogen-bond acceptors (Lipinski definition) is 7. The fourth-order valence-corrected chi connectivity index (χ4v) is 2.78. The predicted octanol–water partition coefficient (Wildman–Crippen LogP) is 3.20. The Labute approximate surface area is 149 Å². The second kappa shape index (κ2) is 6.87. The Kier molecular flexibility index (Phi) is 4.62. The average molecular weight is 358 g/mol. The lowest BCUT2D eigenvalue weighted by Crippen LogP contribution is -2.06. The van der Waals surface area contributed by atoms with Crippen molar-refractivity contribution in [2.24, 2.45) is 0 Å². The van der Waals surface area contributed by atoms with Gasteiger partial charge in [0, 0.05) is 6.07 Å². The van der Waals surface area contributed by atoms with Crippen molar-refractivity contribution in [1.82, 2.24) is 0 Å². The van der Waals surface area contributed by atoms with Crippen molar-refractivity contribution in [1.29, 1.82) is 0 Å². The van der Waals surface area contributed by atoms with Gasteiger partial charge in [0.05, 0.1) is 34.0 Å². The van der Waals surface area contributed by atoms with Crippen LogP contribution in [0.2, 0.25) is 0 Å². The minimum Gasteiger partial charge on any atom is -0.504 e. The van der Waals surface area contributed by atoms with E-state index in [0.29, 0.717) is 17.1 Å². The van der Waals surface area contributed by atoms with E-state index in [2.05, 4.69) is 0 Å². The van der Waals surface area contributed by atoms with Crippen LogP contribution in [-0.2, 0) is 0 Å². The Morgan fingerprint density at radius 2 is 1.58 bits per heavy atom. The number of phenols is 1. The van der Waals surface area contributed by atoms with Crippen LogP contribution in [-0.4, -0.2) is 33.5 Å². The molecular weight excluding hydrogens is 340 g/mol. The molecule has 0 saturated heterocycles. The molecule has 0 amide bonds. The molecule has 0 aliphatic heterocycles. The first-order valence-corrected chi connectivity index (χ1v) is 7.67. The maximum Gasteiger partial charge on any atom is 0.204 e. The molecule has 0 aliphatic carbocycles. The van der Waals surface area contributed by atoms with E-state index in [1.165, 1.54) is 40.8 Å². The van der Waals surface area contributed by atoms with Crippen LogP contribution in [0, 0.1) is 0 Å². The number of phenolic OH excluding ortho intramolecular Hbond substituents is 1. The Hall–Kier alpha value is -3.35. The summed E-state index contributed by atoms with van der Waals surface area (Å²) in [4.78, 5) is 13.0. The van der Waals surface area contributed by atoms with Crippen molar-refractivity contribution in [3.63, 3.8) is 0 Å². The van der Waals surface area contributed by atoms with Crippen LogP contribution in [0.15, 0.2) is 39.7 Å². The van der Waals surface area contributed by atoms with Gasteiger partial charge < -0.3 is 28.5 Å². The molecule has 3 aromatic rings. The molecule has 0 fully saturated rings. The molecule has 7 heteroatoms. The lowest BCUT2D eigenvalue weighted by Gasteiger charge is -2.12. The van der Waals surface area contributed by atoms with Crippen molar-refractivity contribution < 1.29 is 28.5 Å². The van der Waals surface area contributed by atoms with Gasteiger partial charge in [-0.25, -0.2) is 0 Å². The van der Waals surface area contributed by atoms with Crippen LogP contribution < -0.4 is 24.4 Å². The molecule has 2 aromatic carbocycles. The Morgan fingerprint density at radius 1 is 0.885 bits per heavy atom. The number of fused-ring (bicyclic) bond motifs is 1. The Bertz CT molecular complexity index is 1020. The summed E-state index contributed by atoms with van der Waals surface area (Å²) in [5.41, 5.74) is 0.611. The molecule has 1 aromatic heterocycles. The zero-order valence-electron chi connectivity index (χ0n) is 14.8. The first kappa shape index (κ1) is 17.5. The van der Waals surface area contributed by atoms with E-state index >= 15 is 0 Å². The van der Waals surface area contributed by atoms with Crippen LogP contribution in [0.25, 0.3) is 22.1 Å². The van der Waals surface area contributed by atoms with Crippen molar-refractivity contribution >= 4 is 11.0 Å². The van der Waals surface area contributed by atoms with Crippen LogP contribution in [0.5, 0.6) is 28.7 Å². The zero-order chi connectivity index (χ0) is 18.8. The maximum atomic E-state index is 13.0. The molecular formula is C19H18O7. The van der Waals surface area contributed by atoms with Gasteiger partial charge in [0.15, 0.2) is 23.0 Å². The molecule has 7 nitrogen and oxygen atoms in total. The molecule has 26 heavy (non-hydrogen) atoms. The van der Waals surface area contributed by atoms with Gasteiger partial charge in [-0.2, -0.15) is 0 Å². The SMILES string of the molecule is COc1ccc(-c2coc3cc(OC)c(OC)c(O)c3c2=O)cc1OC. The van der Waals surface area contributed by atoms with E-state index in [9.17, 15) is 9.90 Å². The molecule has 0 aliphatic rings. The summed E-state index contributed by atoms with van der Waals surface area (Å²) >= 11 is 0. The second-order valence-corrected chi connectivity index (χ2v) is 5.38. The van der Waals surface area contributed by atoms with Crippen LogP contribution in [0.3, 0.4) is 0 Å². The summed E-state index contributed by atoms with van der Waals surface area (Å²) in [5, 5.41) is 10.5.